The first-order valence-electron chi connectivity index (χ1n) is 41.9. The number of aliphatic hydroxyl groups excluding tert-OH is 5. The monoisotopic (exact) mass is 1460 g/mol. The van der Waals surface area contributed by atoms with Crippen LogP contribution in [0.3, 0.4) is 0 Å². The quantitative estimate of drug-likeness (QED) is 0.00923. The Morgan fingerprint density at radius 2 is 0.592 bits per heavy atom. The van der Waals surface area contributed by atoms with Gasteiger partial charge < -0.3 is 64.5 Å². The lowest BCUT2D eigenvalue weighted by atomic mass is 9.85. The Bertz CT molecular complexity index is 2240. The number of allylic oxidation sites excluding steroid dienone is 8. The van der Waals surface area contributed by atoms with Crippen LogP contribution >= 0.6 is 0 Å². The van der Waals surface area contributed by atoms with Crippen molar-refractivity contribution in [3.05, 3.63) is 48.6 Å². The number of hydrogen-bond acceptors (Lipinski definition) is 19. The molecule has 2 saturated heterocycles. The molecule has 1 unspecified atom stereocenters. The van der Waals surface area contributed by atoms with Crippen LogP contribution in [0.5, 0.6) is 0 Å². The Morgan fingerprint density at radius 1 is 0.330 bits per heavy atom. The van der Waals surface area contributed by atoms with Gasteiger partial charge in [0.15, 0.2) is 6.10 Å². The molecule has 0 radical (unpaired) electrons. The summed E-state index contributed by atoms with van der Waals surface area (Å²) < 4.78 is 41.4. The van der Waals surface area contributed by atoms with Crippen LogP contribution in [0.25, 0.3) is 0 Å². The average molecular weight is 1460 g/mol. The van der Waals surface area contributed by atoms with Gasteiger partial charge in [0.25, 0.3) is 0 Å². The second-order valence-electron chi connectivity index (χ2n) is 29.4. The molecule has 2 fully saturated rings. The van der Waals surface area contributed by atoms with E-state index < -0.39 is 123 Å². The predicted molar refractivity (Wildman–Crippen MR) is 407 cm³/mol. The molecular weight excluding hydrogens is 1310 g/mol. The molecule has 0 aliphatic carbocycles. The summed E-state index contributed by atoms with van der Waals surface area (Å²) in [7, 11) is 0. The standard InChI is InChI=1S/C84H150O19/c1-5-9-13-17-21-25-29-33-37-41-45-49-53-57-61-65-74(88)99-81(94)73(70-86)98-84(103-80(71-87)79(93)78(92)72(69-85)97-80,102-77(91)68-64-60-56-52-48-44-40-36-32-28-24-20-16-12-8-4)83(96,101-76(90)67-63-59-55-51-47-43-39-35-31-27-23-19-15-11-7-3)82(81,95)100-75(89)66-62-58-54-50-46-42-38-34-30-26-22-18-14-10-6-2/h33-40,72-73,78-79,85-87,92-96H,5-32,41-71H2,1-4H3/b37-33+,38-34+,39-35+,40-36+/t72-,73-,78-,79+,80?,81+,82-,83+,84+/m1/s1. The first-order valence-corrected chi connectivity index (χ1v) is 41.9. The molecule has 2 heterocycles. The van der Waals surface area contributed by atoms with E-state index in [1.807, 2.05) is 0 Å². The highest BCUT2D eigenvalue weighted by atomic mass is 17.0. The van der Waals surface area contributed by atoms with Gasteiger partial charge in [-0.2, -0.15) is 0 Å². The van der Waals surface area contributed by atoms with E-state index in [1.165, 1.54) is 128 Å². The third-order valence-corrected chi connectivity index (χ3v) is 20.1. The highest BCUT2D eigenvalue weighted by Gasteiger charge is 2.89. The lowest BCUT2D eigenvalue weighted by Crippen LogP contribution is -2.88. The van der Waals surface area contributed by atoms with E-state index in [2.05, 4.69) is 76.3 Å². The van der Waals surface area contributed by atoms with Crippen molar-refractivity contribution in [2.45, 2.75) is 441 Å². The first kappa shape index (κ1) is 95.5. The van der Waals surface area contributed by atoms with Gasteiger partial charge >= 0.3 is 47.2 Å². The molecule has 9 atom stereocenters. The molecule has 2 rings (SSSR count). The second-order valence-corrected chi connectivity index (χ2v) is 29.4. The van der Waals surface area contributed by atoms with E-state index in [0.29, 0.717) is 44.9 Å². The van der Waals surface area contributed by atoms with Crippen molar-refractivity contribution in [2.24, 2.45) is 0 Å². The lowest BCUT2D eigenvalue weighted by Gasteiger charge is -2.59. The molecule has 2 aliphatic heterocycles. The van der Waals surface area contributed by atoms with Crippen molar-refractivity contribution in [3.63, 3.8) is 0 Å². The van der Waals surface area contributed by atoms with E-state index >= 15 is 0 Å². The van der Waals surface area contributed by atoms with Crippen molar-refractivity contribution >= 4 is 23.9 Å². The van der Waals surface area contributed by atoms with Gasteiger partial charge in [-0.05, 0) is 128 Å². The topological polar surface area (TPSA) is 295 Å². The molecule has 0 aromatic carbocycles. The number of hydrogen-bond donors (Lipinski definition) is 8. The van der Waals surface area contributed by atoms with E-state index in [9.17, 15) is 60.0 Å². The Kier molecular flexibility index (Phi) is 55.9. The second kappa shape index (κ2) is 60.3. The summed E-state index contributed by atoms with van der Waals surface area (Å²) in [6, 6.07) is 0. The molecule has 0 saturated carbocycles. The zero-order valence-electron chi connectivity index (χ0n) is 65.2. The third-order valence-electron chi connectivity index (χ3n) is 20.1. The lowest BCUT2D eigenvalue weighted by molar-refractivity contribution is -0.615. The van der Waals surface area contributed by atoms with Crippen molar-refractivity contribution in [1.82, 2.24) is 0 Å². The number of unbranched alkanes of at least 4 members (excludes halogenated alkanes) is 44. The molecule has 0 amide bonds. The average Bonchev–Trinajstić information content (AvgIpc) is 1.17. The van der Waals surface area contributed by atoms with Crippen molar-refractivity contribution < 1.29 is 93.2 Å². The SMILES string of the molecule is CCCCCCCC/C=C/CCCCCCCC(=O)O[C@@]1(OC2(CO)O[C@H](CO)[C@@H](O)[C@@H]2O)O[C@H](CO)[C@](O)(OC(=O)CCCCCCC/C=C/CCCCCCCC)[C@@](O)(OC(=O)CCCCCCC/C=C/CCCCCCCC)[C@]1(O)OC(=O)CCCCCCC/C=C/CCCCCCCC. The van der Waals surface area contributed by atoms with Crippen LogP contribution in [0.1, 0.15) is 387 Å². The zero-order chi connectivity index (χ0) is 75.4. The van der Waals surface area contributed by atoms with Crippen molar-refractivity contribution in [1.29, 1.82) is 0 Å². The summed E-state index contributed by atoms with van der Waals surface area (Å²) in [5.74, 6) is -25.4. The molecule has 0 bridgehead atoms. The maximum Gasteiger partial charge on any atom is 0.409 e. The van der Waals surface area contributed by atoms with Crippen LogP contribution in [-0.4, -0.2) is 138 Å². The van der Waals surface area contributed by atoms with Crippen LogP contribution in [-0.2, 0) is 52.3 Å². The van der Waals surface area contributed by atoms with Crippen molar-refractivity contribution in [3.8, 4) is 0 Å². The first-order chi connectivity index (χ1) is 50.0. The van der Waals surface area contributed by atoms with Gasteiger partial charge in [-0.3, -0.25) is 28.7 Å². The van der Waals surface area contributed by atoms with Crippen LogP contribution in [0.15, 0.2) is 48.6 Å². The summed E-state index contributed by atoms with van der Waals surface area (Å²) in [6.45, 7) is 4.80. The summed E-state index contributed by atoms with van der Waals surface area (Å²) in [4.78, 5) is 58.1. The van der Waals surface area contributed by atoms with E-state index in [4.69, 9.17) is 33.2 Å². The molecule has 8 N–H and O–H groups in total. The van der Waals surface area contributed by atoms with E-state index in [1.54, 1.807) is 0 Å². The maximum absolute atomic E-state index is 14.7. The molecule has 600 valence electrons. The third kappa shape index (κ3) is 38.4. The Labute approximate surface area is 623 Å². The smallest absolute Gasteiger partial charge is 0.409 e. The highest BCUT2D eigenvalue weighted by Crippen LogP contribution is 2.55. The number of carbonyl (C=O) groups is 4. The highest BCUT2D eigenvalue weighted by molar-refractivity contribution is 5.73. The van der Waals surface area contributed by atoms with Crippen LogP contribution < -0.4 is 0 Å². The number of ether oxygens (including phenoxy) is 7. The number of carbonyl (C=O) groups excluding carboxylic acids is 4. The molecule has 2 aliphatic rings. The molecule has 103 heavy (non-hydrogen) atoms. The van der Waals surface area contributed by atoms with Crippen LogP contribution in [0.4, 0.5) is 0 Å². The van der Waals surface area contributed by atoms with E-state index in [-0.39, 0.29) is 25.7 Å². The van der Waals surface area contributed by atoms with Gasteiger partial charge in [-0.25, -0.2) is 0 Å². The Balaban J connectivity index is 2.62. The fourth-order valence-electron chi connectivity index (χ4n) is 13.5. The largest absolute Gasteiger partial charge is 0.423 e. The van der Waals surface area contributed by atoms with Crippen molar-refractivity contribution in [2.75, 3.05) is 19.8 Å². The predicted octanol–water partition coefficient (Wildman–Crippen LogP) is 18.2. The van der Waals surface area contributed by atoms with Gasteiger partial charge in [0.05, 0.1) is 13.2 Å². The number of esters is 4. The molecule has 19 nitrogen and oxygen atoms in total. The molecular formula is C84H150O19. The van der Waals surface area contributed by atoms with E-state index in [0.717, 1.165) is 135 Å². The maximum atomic E-state index is 14.7. The van der Waals surface area contributed by atoms with Gasteiger partial charge in [-0.15, -0.1) is 0 Å². The zero-order valence-corrected chi connectivity index (χ0v) is 65.2. The fourth-order valence-corrected chi connectivity index (χ4v) is 13.5. The number of aliphatic hydroxyl groups is 8. The minimum absolute atomic E-state index is 0.113. The Morgan fingerprint density at radius 3 is 0.864 bits per heavy atom. The fraction of sp³-hybridized carbons (Fsp3) is 0.857. The molecule has 0 aromatic heterocycles. The van der Waals surface area contributed by atoms with Gasteiger partial charge in [-0.1, -0.05) is 282 Å². The summed E-state index contributed by atoms with van der Waals surface area (Å²) >= 11 is 0. The summed E-state index contributed by atoms with van der Waals surface area (Å²) in [6.07, 6.45) is 56.1. The van der Waals surface area contributed by atoms with Crippen LogP contribution in [0.2, 0.25) is 0 Å². The van der Waals surface area contributed by atoms with Gasteiger partial charge in [0.1, 0.15) is 24.9 Å². The van der Waals surface area contributed by atoms with Crippen LogP contribution in [0, 0.1) is 0 Å². The summed E-state index contributed by atoms with van der Waals surface area (Å²) in [5.41, 5.74) is 0. The van der Waals surface area contributed by atoms with Gasteiger partial charge in [0.2, 0.25) is 5.79 Å². The Hall–Kier alpha value is -3.60. The number of rotatable bonds is 69. The van der Waals surface area contributed by atoms with Gasteiger partial charge in [0, 0.05) is 25.7 Å². The molecule has 19 heteroatoms. The molecule has 0 aromatic rings. The minimum Gasteiger partial charge on any atom is -0.423 e. The minimum atomic E-state index is -4.47. The summed E-state index contributed by atoms with van der Waals surface area (Å²) in [5, 5.41) is 96.3. The normalized spacial score (nSPS) is 23.7. The molecule has 0 spiro atoms.